The van der Waals surface area contributed by atoms with Crippen LogP contribution in [0, 0.1) is 3.57 Å². The number of hydrogen-bond donors (Lipinski definition) is 2. The first-order chi connectivity index (χ1) is 9.54. The topological polar surface area (TPSA) is 84.0 Å². The molecular formula is C13H8IN3O3. The van der Waals surface area contributed by atoms with Crippen LogP contribution in [-0.4, -0.2) is 15.5 Å². The molecule has 7 heteroatoms. The molecule has 0 aliphatic carbocycles. The number of aromatic amines is 1. The lowest BCUT2D eigenvalue weighted by Crippen LogP contribution is -2.26. The molecule has 100 valence electrons. The average Bonchev–Trinajstić information content (AvgIpc) is 2.69. The third-order valence-electron chi connectivity index (χ3n) is 2.88. The first-order valence-electron chi connectivity index (χ1n) is 5.69. The van der Waals surface area contributed by atoms with E-state index in [1.807, 2.05) is 18.2 Å². The van der Waals surface area contributed by atoms with E-state index in [1.165, 1.54) is 23.0 Å². The lowest BCUT2D eigenvalue weighted by atomic mass is 10.1. The van der Waals surface area contributed by atoms with E-state index in [0.717, 1.165) is 9.13 Å². The zero-order chi connectivity index (χ0) is 14.3. The third kappa shape index (κ3) is 2.20. The molecule has 1 amide bonds. The van der Waals surface area contributed by atoms with Gasteiger partial charge in [-0.25, -0.2) is 4.79 Å². The second-order valence-corrected chi connectivity index (χ2v) is 5.45. The summed E-state index contributed by atoms with van der Waals surface area (Å²) in [6.45, 7) is 0. The van der Waals surface area contributed by atoms with Gasteiger partial charge in [-0.2, -0.15) is 0 Å². The maximum atomic E-state index is 12.0. The molecule has 1 aromatic heterocycles. The van der Waals surface area contributed by atoms with Gasteiger partial charge >= 0.3 is 5.69 Å². The normalized spacial score (nSPS) is 15.2. The van der Waals surface area contributed by atoms with Gasteiger partial charge in [-0.15, -0.1) is 0 Å². The zero-order valence-corrected chi connectivity index (χ0v) is 12.2. The van der Waals surface area contributed by atoms with Crippen molar-refractivity contribution in [3.05, 3.63) is 60.4 Å². The molecule has 0 unspecified atom stereocenters. The number of amides is 1. The highest BCUT2D eigenvalue weighted by atomic mass is 127. The molecule has 1 aliphatic rings. The van der Waals surface area contributed by atoms with Crippen LogP contribution in [-0.2, 0) is 4.79 Å². The Morgan fingerprint density at radius 1 is 1.15 bits per heavy atom. The first-order valence-corrected chi connectivity index (χ1v) is 6.77. The highest BCUT2D eigenvalue weighted by molar-refractivity contribution is 14.1. The van der Waals surface area contributed by atoms with Crippen molar-refractivity contribution >= 4 is 46.0 Å². The summed E-state index contributed by atoms with van der Waals surface area (Å²) in [5.41, 5.74) is 0.763. The summed E-state index contributed by atoms with van der Waals surface area (Å²) < 4.78 is 2.16. The molecule has 0 saturated heterocycles. The molecule has 0 radical (unpaired) electrons. The van der Waals surface area contributed by atoms with E-state index in [4.69, 9.17) is 0 Å². The molecule has 2 N–H and O–H groups in total. The van der Waals surface area contributed by atoms with Crippen LogP contribution in [0.15, 0.2) is 40.1 Å². The van der Waals surface area contributed by atoms with Crippen LogP contribution in [0.1, 0.15) is 5.56 Å². The number of fused-ring (bicyclic) bond motifs is 1. The van der Waals surface area contributed by atoms with Crippen molar-refractivity contribution in [2.45, 2.75) is 0 Å². The third-order valence-corrected chi connectivity index (χ3v) is 3.55. The molecule has 0 fully saturated rings. The Balaban J connectivity index is 2.18. The highest BCUT2D eigenvalue weighted by Crippen LogP contribution is 2.32. The molecule has 0 saturated carbocycles. The van der Waals surface area contributed by atoms with E-state index in [1.54, 1.807) is 0 Å². The molecular weight excluding hydrogens is 373 g/mol. The molecule has 6 nitrogen and oxygen atoms in total. The number of hydrogen-bond acceptors (Lipinski definition) is 3. The fourth-order valence-electron chi connectivity index (χ4n) is 1.96. The molecule has 0 atom stereocenters. The number of H-pyrrole nitrogens is 1. The average molecular weight is 381 g/mol. The Hall–Kier alpha value is -2.16. The zero-order valence-electron chi connectivity index (χ0n) is 10.0. The van der Waals surface area contributed by atoms with Crippen LogP contribution in [0.5, 0.6) is 0 Å². The Kier molecular flexibility index (Phi) is 3.05. The molecule has 2 heterocycles. The summed E-state index contributed by atoms with van der Waals surface area (Å²) >= 11 is 2.15. The summed E-state index contributed by atoms with van der Waals surface area (Å²) in [5.74, 6) is -0.278. The van der Waals surface area contributed by atoms with Crippen LogP contribution >= 0.6 is 22.6 Å². The summed E-state index contributed by atoms with van der Waals surface area (Å²) in [6, 6.07) is 6.78. The largest absolute Gasteiger partial charge is 0.332 e. The number of aromatic nitrogens is 2. The predicted octanol–water partition coefficient (Wildman–Crippen LogP) is 1.09. The Labute approximate surface area is 126 Å². The van der Waals surface area contributed by atoms with Gasteiger partial charge < -0.3 is 5.32 Å². The number of nitrogens with one attached hydrogen (secondary N) is 2. The van der Waals surface area contributed by atoms with Crippen LogP contribution in [0.2, 0.25) is 0 Å². The first kappa shape index (κ1) is 12.9. The van der Waals surface area contributed by atoms with Crippen molar-refractivity contribution in [2.75, 3.05) is 5.32 Å². The Bertz CT molecular complexity index is 864. The van der Waals surface area contributed by atoms with Crippen molar-refractivity contribution in [2.24, 2.45) is 0 Å². The molecule has 1 aliphatic heterocycles. The van der Waals surface area contributed by atoms with Gasteiger partial charge in [0.05, 0.1) is 5.57 Å². The minimum absolute atomic E-state index is 0.278. The van der Waals surface area contributed by atoms with E-state index >= 15 is 0 Å². The molecule has 0 spiro atoms. The maximum absolute atomic E-state index is 12.0. The fraction of sp³-hybridized carbons (Fsp3) is 0. The molecule has 20 heavy (non-hydrogen) atoms. The second kappa shape index (κ2) is 4.75. The number of rotatable bonds is 1. The van der Waals surface area contributed by atoms with Gasteiger partial charge in [0.1, 0.15) is 0 Å². The number of carbonyl (C=O) groups is 1. The summed E-state index contributed by atoms with van der Waals surface area (Å²) in [4.78, 5) is 36.8. The number of anilines is 1. The van der Waals surface area contributed by atoms with Crippen molar-refractivity contribution in [1.82, 2.24) is 9.55 Å². The lowest BCUT2D eigenvalue weighted by molar-refractivity contribution is -0.110. The minimum Gasteiger partial charge on any atom is -0.321 e. The summed E-state index contributed by atoms with van der Waals surface area (Å²) in [6.07, 6.45) is 2.74. The Morgan fingerprint density at radius 2 is 1.95 bits per heavy atom. The smallest absolute Gasteiger partial charge is 0.321 e. The number of benzene rings is 1. The second-order valence-electron chi connectivity index (χ2n) is 4.20. The molecule has 2 aromatic rings. The van der Waals surface area contributed by atoms with E-state index in [9.17, 15) is 14.4 Å². The van der Waals surface area contributed by atoms with Crippen molar-refractivity contribution < 1.29 is 4.79 Å². The predicted molar refractivity (Wildman–Crippen MR) is 83.3 cm³/mol. The Morgan fingerprint density at radius 3 is 2.70 bits per heavy atom. The van der Waals surface area contributed by atoms with E-state index < -0.39 is 11.2 Å². The fourth-order valence-corrected chi connectivity index (χ4v) is 2.45. The van der Waals surface area contributed by atoms with Crippen LogP contribution in [0.3, 0.4) is 0 Å². The van der Waals surface area contributed by atoms with Crippen molar-refractivity contribution in [3.8, 4) is 0 Å². The number of nitrogens with zero attached hydrogens (tertiary/aromatic N) is 1. The van der Waals surface area contributed by atoms with Gasteiger partial charge in [-0.1, -0.05) is 0 Å². The summed E-state index contributed by atoms with van der Waals surface area (Å²) in [7, 11) is 0. The van der Waals surface area contributed by atoms with Crippen LogP contribution < -0.4 is 16.6 Å². The highest BCUT2D eigenvalue weighted by Gasteiger charge is 2.24. The van der Waals surface area contributed by atoms with Gasteiger partial charge in [-0.05, 0) is 40.8 Å². The monoisotopic (exact) mass is 381 g/mol. The minimum atomic E-state index is -0.586. The van der Waals surface area contributed by atoms with Crippen molar-refractivity contribution in [1.29, 1.82) is 0 Å². The van der Waals surface area contributed by atoms with Crippen molar-refractivity contribution in [3.63, 3.8) is 0 Å². The van der Waals surface area contributed by atoms with Crippen LogP contribution in [0.25, 0.3) is 11.8 Å². The van der Waals surface area contributed by atoms with E-state index in [2.05, 4.69) is 32.9 Å². The number of carbonyl (C=O) groups excluding carboxylic acids is 1. The quantitative estimate of drug-likeness (QED) is 0.573. The van der Waals surface area contributed by atoms with Crippen LogP contribution in [0.4, 0.5) is 5.69 Å². The molecule has 0 bridgehead atoms. The van der Waals surface area contributed by atoms with Gasteiger partial charge in [0.25, 0.3) is 11.5 Å². The molecule has 3 rings (SSSR count). The standard InChI is InChI=1S/C13H8IN3O3/c14-7-1-2-10-8(5-7)9(12(19)15-10)6-17-4-3-11(18)16-13(17)20/h1-6H,(H,15,19)(H,16,18,20). The van der Waals surface area contributed by atoms with E-state index in [-0.39, 0.29) is 5.91 Å². The van der Waals surface area contributed by atoms with Gasteiger partial charge in [0.15, 0.2) is 0 Å². The summed E-state index contributed by atoms with van der Waals surface area (Å²) in [5, 5.41) is 2.73. The SMILES string of the molecule is O=C1Nc2ccc(I)cc2C1=Cn1ccc(=O)[nH]c1=O. The van der Waals surface area contributed by atoms with Gasteiger partial charge in [-0.3, -0.25) is 19.1 Å². The van der Waals surface area contributed by atoms with Gasteiger partial charge in [0, 0.05) is 33.3 Å². The van der Waals surface area contributed by atoms with Gasteiger partial charge in [0.2, 0.25) is 0 Å². The van der Waals surface area contributed by atoms with E-state index in [0.29, 0.717) is 11.3 Å². The lowest BCUT2D eigenvalue weighted by Gasteiger charge is -2.01. The molecule has 1 aromatic carbocycles. The number of halogens is 1. The maximum Gasteiger partial charge on any atom is 0.332 e.